The Hall–Kier alpha value is -1.84. The molecule has 0 aromatic rings. The maximum atomic E-state index is 12.7. The molecule has 0 amide bonds. The van der Waals surface area contributed by atoms with E-state index in [0.717, 1.165) is 51.4 Å². The van der Waals surface area contributed by atoms with E-state index in [0.29, 0.717) is 30.6 Å². The van der Waals surface area contributed by atoms with E-state index in [1.165, 1.54) is 0 Å². The van der Waals surface area contributed by atoms with Crippen LogP contribution in [0.25, 0.3) is 0 Å². The van der Waals surface area contributed by atoms with Crippen molar-refractivity contribution in [1.82, 2.24) is 0 Å². The van der Waals surface area contributed by atoms with Crippen LogP contribution in [0.15, 0.2) is 36.0 Å². The summed E-state index contributed by atoms with van der Waals surface area (Å²) in [7, 11) is 0. The molecule has 0 aromatic carbocycles. The van der Waals surface area contributed by atoms with Crippen LogP contribution in [0.2, 0.25) is 0 Å². The number of carbonyl (C=O) groups excluding carboxylic acids is 2. The fourth-order valence-corrected chi connectivity index (χ4v) is 3.42. The predicted molar refractivity (Wildman–Crippen MR) is 123 cm³/mol. The molecule has 0 fully saturated rings. The number of esters is 2. The summed E-state index contributed by atoms with van der Waals surface area (Å²) in [5.74, 6) is 0.186. The summed E-state index contributed by atoms with van der Waals surface area (Å²) in [5, 5.41) is 0. The second-order valence-corrected chi connectivity index (χ2v) is 8.63. The lowest BCUT2D eigenvalue weighted by Crippen LogP contribution is -2.27. The molecule has 1 aliphatic rings. The highest BCUT2D eigenvalue weighted by Gasteiger charge is 2.31. The van der Waals surface area contributed by atoms with Crippen LogP contribution in [0, 0.1) is 17.3 Å². The Morgan fingerprint density at radius 2 is 1.47 bits per heavy atom. The molecule has 0 heterocycles. The van der Waals surface area contributed by atoms with Crippen LogP contribution < -0.4 is 0 Å². The van der Waals surface area contributed by atoms with Crippen molar-refractivity contribution < 1.29 is 19.1 Å². The normalized spacial score (nSPS) is 20.2. The monoisotopic (exact) mass is 418 g/mol. The maximum Gasteiger partial charge on any atom is 0.338 e. The van der Waals surface area contributed by atoms with Crippen molar-refractivity contribution in [2.45, 2.75) is 86.0 Å². The van der Waals surface area contributed by atoms with Crippen LogP contribution in [0.5, 0.6) is 0 Å². The van der Waals surface area contributed by atoms with Gasteiger partial charge in [0.25, 0.3) is 0 Å². The second-order valence-electron chi connectivity index (χ2n) is 8.63. The molecule has 0 radical (unpaired) electrons. The zero-order valence-electron chi connectivity index (χ0n) is 19.7. The summed E-state index contributed by atoms with van der Waals surface area (Å²) in [6.07, 6.45) is 17.4. The van der Waals surface area contributed by atoms with Crippen molar-refractivity contribution in [3.63, 3.8) is 0 Å². The maximum absolute atomic E-state index is 12.7. The third kappa shape index (κ3) is 8.89. The molecule has 4 nitrogen and oxygen atoms in total. The lowest BCUT2D eigenvalue weighted by atomic mass is 9.90. The van der Waals surface area contributed by atoms with Gasteiger partial charge in [-0.25, -0.2) is 4.79 Å². The van der Waals surface area contributed by atoms with Crippen LogP contribution in [0.3, 0.4) is 0 Å². The Labute approximate surface area is 183 Å². The highest BCUT2D eigenvalue weighted by atomic mass is 16.5. The number of hydrogen-bond donors (Lipinski definition) is 0. The molecule has 0 aromatic heterocycles. The van der Waals surface area contributed by atoms with E-state index in [2.05, 4.69) is 27.7 Å². The molecule has 1 rings (SSSR count). The molecule has 0 aliphatic heterocycles. The molecule has 0 bridgehead atoms. The molecular formula is C26H42O4. The minimum Gasteiger partial charge on any atom is -0.465 e. The van der Waals surface area contributed by atoms with Crippen LogP contribution in [-0.2, 0) is 19.1 Å². The molecular weight excluding hydrogens is 376 g/mol. The number of hydrogen-bond acceptors (Lipinski definition) is 4. The van der Waals surface area contributed by atoms with E-state index in [1.807, 2.05) is 6.92 Å². The molecule has 30 heavy (non-hydrogen) atoms. The van der Waals surface area contributed by atoms with Gasteiger partial charge in [-0.05, 0) is 37.7 Å². The first kappa shape index (κ1) is 26.2. The number of carbonyl (C=O) groups is 2. The van der Waals surface area contributed by atoms with Gasteiger partial charge in [0.15, 0.2) is 0 Å². The molecule has 170 valence electrons. The molecule has 4 heteroatoms. The van der Waals surface area contributed by atoms with Crippen LogP contribution in [0.1, 0.15) is 86.0 Å². The number of allylic oxidation sites excluding steroid dienone is 2. The Bertz CT molecular complexity index is 617. The van der Waals surface area contributed by atoms with Crippen LogP contribution in [0.4, 0.5) is 0 Å². The predicted octanol–water partition coefficient (Wildman–Crippen LogP) is 6.56. The molecule has 0 saturated carbocycles. The van der Waals surface area contributed by atoms with Gasteiger partial charge in [0.2, 0.25) is 0 Å². The topological polar surface area (TPSA) is 52.6 Å². The SMILES string of the molecule is CCCCC(CC)COC(=O)C1=CC=CC(C)(C(=O)OCC(CC)CCCC)C=C1. The first-order valence-corrected chi connectivity index (χ1v) is 11.8. The van der Waals surface area contributed by atoms with Crippen molar-refractivity contribution in [1.29, 1.82) is 0 Å². The van der Waals surface area contributed by atoms with Crippen molar-refractivity contribution >= 4 is 11.9 Å². The van der Waals surface area contributed by atoms with Gasteiger partial charge in [0, 0.05) is 0 Å². The van der Waals surface area contributed by atoms with Gasteiger partial charge in [0.05, 0.1) is 18.8 Å². The minimum atomic E-state index is -0.880. The smallest absolute Gasteiger partial charge is 0.338 e. The Morgan fingerprint density at radius 1 is 0.900 bits per heavy atom. The van der Waals surface area contributed by atoms with E-state index in [1.54, 1.807) is 30.4 Å². The van der Waals surface area contributed by atoms with Gasteiger partial charge < -0.3 is 9.47 Å². The second kappa shape index (κ2) is 14.2. The molecule has 3 unspecified atom stereocenters. The summed E-state index contributed by atoms with van der Waals surface area (Å²) in [6.45, 7) is 11.3. The van der Waals surface area contributed by atoms with Gasteiger partial charge in [-0.3, -0.25) is 4.79 Å². The zero-order valence-corrected chi connectivity index (χ0v) is 19.7. The van der Waals surface area contributed by atoms with Crippen molar-refractivity contribution in [3.05, 3.63) is 36.0 Å². The van der Waals surface area contributed by atoms with Gasteiger partial charge in [-0.15, -0.1) is 0 Å². The first-order valence-electron chi connectivity index (χ1n) is 11.8. The van der Waals surface area contributed by atoms with Gasteiger partial charge in [-0.2, -0.15) is 0 Å². The zero-order chi connectivity index (χ0) is 22.4. The minimum absolute atomic E-state index is 0.279. The largest absolute Gasteiger partial charge is 0.465 e. The molecule has 0 N–H and O–H groups in total. The van der Waals surface area contributed by atoms with E-state index in [4.69, 9.17) is 9.47 Å². The van der Waals surface area contributed by atoms with Crippen molar-refractivity contribution in [3.8, 4) is 0 Å². The molecule has 0 spiro atoms. The number of ether oxygens (including phenoxy) is 2. The Balaban J connectivity index is 2.63. The Kier molecular flexibility index (Phi) is 12.4. The number of unbranched alkanes of at least 4 members (excludes halogenated alkanes) is 2. The number of rotatable bonds is 14. The molecule has 1 aliphatic carbocycles. The lowest BCUT2D eigenvalue weighted by molar-refractivity contribution is -0.151. The summed E-state index contributed by atoms with van der Waals surface area (Å²) < 4.78 is 11.2. The molecule has 0 saturated heterocycles. The average Bonchev–Trinajstić information content (AvgIpc) is 2.96. The van der Waals surface area contributed by atoms with Crippen molar-refractivity contribution in [2.24, 2.45) is 17.3 Å². The fraction of sp³-hybridized carbons (Fsp3) is 0.692. The van der Waals surface area contributed by atoms with Gasteiger partial charge in [0.1, 0.15) is 5.41 Å². The van der Waals surface area contributed by atoms with Crippen molar-refractivity contribution in [2.75, 3.05) is 13.2 Å². The highest BCUT2D eigenvalue weighted by Crippen LogP contribution is 2.27. The standard InChI is InChI=1S/C26H42O4/c1-6-10-13-21(8-3)19-29-24(27)23-15-12-17-26(5,18-16-23)25(28)30-20-22(9-4)14-11-7-2/h12,15-18,21-22H,6-11,13-14,19-20H2,1-5H3. The Morgan fingerprint density at radius 3 is 2.00 bits per heavy atom. The van der Waals surface area contributed by atoms with Crippen LogP contribution in [-0.4, -0.2) is 25.2 Å². The summed E-state index contributed by atoms with van der Waals surface area (Å²) >= 11 is 0. The fourth-order valence-electron chi connectivity index (χ4n) is 3.42. The van der Waals surface area contributed by atoms with E-state index < -0.39 is 5.41 Å². The summed E-state index contributed by atoms with van der Waals surface area (Å²) in [4.78, 5) is 25.2. The third-order valence-corrected chi connectivity index (χ3v) is 5.99. The van der Waals surface area contributed by atoms with Gasteiger partial charge in [-0.1, -0.05) is 90.5 Å². The molecule has 3 atom stereocenters. The van der Waals surface area contributed by atoms with Gasteiger partial charge >= 0.3 is 11.9 Å². The van der Waals surface area contributed by atoms with E-state index in [9.17, 15) is 9.59 Å². The third-order valence-electron chi connectivity index (χ3n) is 5.99. The quantitative estimate of drug-likeness (QED) is 0.300. The average molecular weight is 419 g/mol. The summed E-state index contributed by atoms with van der Waals surface area (Å²) in [6, 6.07) is 0. The van der Waals surface area contributed by atoms with E-state index in [-0.39, 0.29) is 11.9 Å². The first-order chi connectivity index (χ1) is 14.4. The van der Waals surface area contributed by atoms with E-state index >= 15 is 0 Å². The lowest BCUT2D eigenvalue weighted by Gasteiger charge is -2.22. The highest BCUT2D eigenvalue weighted by molar-refractivity contribution is 5.93. The summed E-state index contributed by atoms with van der Waals surface area (Å²) in [5.41, 5.74) is -0.420. The van der Waals surface area contributed by atoms with Crippen LogP contribution >= 0.6 is 0 Å².